The molecule has 0 bridgehead atoms. The summed E-state index contributed by atoms with van der Waals surface area (Å²) in [6.07, 6.45) is 0. The van der Waals surface area contributed by atoms with Crippen LogP contribution in [0.4, 0.5) is 5.69 Å². The Morgan fingerprint density at radius 1 is 1.37 bits per heavy atom. The minimum absolute atomic E-state index is 0.0330. The fourth-order valence-electron chi connectivity index (χ4n) is 2.18. The fourth-order valence-corrected chi connectivity index (χ4v) is 2.18. The van der Waals surface area contributed by atoms with Crippen LogP contribution >= 0.6 is 0 Å². The Kier molecular flexibility index (Phi) is 4.01. The maximum atomic E-state index is 10.5. The molecule has 0 unspecified atom stereocenters. The summed E-state index contributed by atoms with van der Waals surface area (Å²) in [5.74, 6) is 0.649. The lowest BCUT2D eigenvalue weighted by Crippen LogP contribution is -2.53. The monoisotopic (exact) mass is 266 g/mol. The number of hydrogen-bond donors (Lipinski definition) is 0. The minimum atomic E-state index is -0.420. The molecule has 1 aromatic rings. The first-order valence-electron chi connectivity index (χ1n) is 6.11. The van der Waals surface area contributed by atoms with Gasteiger partial charge in [0, 0.05) is 18.7 Å². The van der Waals surface area contributed by atoms with Gasteiger partial charge in [-0.05, 0) is 26.2 Å². The molecule has 104 valence electrons. The molecule has 2 rings (SSSR count). The van der Waals surface area contributed by atoms with Gasteiger partial charge in [0.25, 0.3) is 5.69 Å². The Hall–Kier alpha value is -1.66. The second-order valence-corrected chi connectivity index (χ2v) is 5.27. The van der Waals surface area contributed by atoms with Gasteiger partial charge in [-0.1, -0.05) is 0 Å². The van der Waals surface area contributed by atoms with Crippen LogP contribution in [-0.2, 0) is 4.74 Å². The molecule has 0 atom stereocenters. The maximum absolute atomic E-state index is 10.5. The molecule has 6 nitrogen and oxygen atoms in total. The Morgan fingerprint density at radius 2 is 2.00 bits per heavy atom. The van der Waals surface area contributed by atoms with Crippen LogP contribution in [0.5, 0.6) is 5.75 Å². The normalized spacial score (nSPS) is 17.0. The first-order valence-corrected chi connectivity index (χ1v) is 6.11. The summed E-state index contributed by atoms with van der Waals surface area (Å²) in [6, 6.07) is 6.15. The molecule has 1 aliphatic heterocycles. The quantitative estimate of drug-likeness (QED) is 0.577. The molecule has 0 spiro atoms. The fraction of sp³-hybridized carbons (Fsp3) is 0.538. The number of non-ortho nitro benzene ring substituents is 1. The van der Waals surface area contributed by atoms with E-state index in [1.54, 1.807) is 12.1 Å². The van der Waals surface area contributed by atoms with Gasteiger partial charge in [0.2, 0.25) is 0 Å². The lowest BCUT2D eigenvalue weighted by atomic mass is 9.86. The van der Waals surface area contributed by atoms with E-state index >= 15 is 0 Å². The maximum Gasteiger partial charge on any atom is 0.269 e. The van der Waals surface area contributed by atoms with Gasteiger partial charge in [-0.3, -0.25) is 10.1 Å². The Labute approximate surface area is 112 Å². The van der Waals surface area contributed by atoms with Gasteiger partial charge in [-0.25, -0.2) is 0 Å². The van der Waals surface area contributed by atoms with Crippen molar-refractivity contribution in [2.45, 2.75) is 0 Å². The zero-order chi connectivity index (χ0) is 13.9. The number of ether oxygens (including phenoxy) is 2. The van der Waals surface area contributed by atoms with Crippen molar-refractivity contribution in [3.05, 3.63) is 34.4 Å². The van der Waals surface area contributed by atoms with Crippen molar-refractivity contribution in [1.82, 2.24) is 4.90 Å². The van der Waals surface area contributed by atoms with E-state index in [-0.39, 0.29) is 11.1 Å². The molecule has 0 amide bonds. The van der Waals surface area contributed by atoms with E-state index in [0.717, 1.165) is 6.54 Å². The highest BCUT2D eigenvalue weighted by Gasteiger charge is 2.40. The van der Waals surface area contributed by atoms with Crippen molar-refractivity contribution < 1.29 is 14.4 Å². The summed E-state index contributed by atoms with van der Waals surface area (Å²) in [6.45, 7) is 2.85. The highest BCUT2D eigenvalue weighted by molar-refractivity contribution is 5.36. The topological polar surface area (TPSA) is 64.8 Å². The van der Waals surface area contributed by atoms with Crippen LogP contribution in [0, 0.1) is 15.5 Å². The Bertz CT molecular complexity index is 440. The molecule has 0 saturated carbocycles. The SMILES string of the molecule is CN(C)CC1(COc2ccc([N+](=O)[O-])cc2)COC1. The zero-order valence-electron chi connectivity index (χ0n) is 11.2. The molecule has 1 saturated heterocycles. The third kappa shape index (κ3) is 3.42. The molecule has 0 aromatic heterocycles. The van der Waals surface area contributed by atoms with E-state index in [4.69, 9.17) is 9.47 Å². The van der Waals surface area contributed by atoms with Crippen LogP contribution in [0.1, 0.15) is 0 Å². The lowest BCUT2D eigenvalue weighted by molar-refractivity contribution is -0.384. The van der Waals surface area contributed by atoms with Crippen molar-refractivity contribution in [1.29, 1.82) is 0 Å². The van der Waals surface area contributed by atoms with Crippen LogP contribution in [-0.4, -0.2) is 50.3 Å². The second kappa shape index (κ2) is 5.54. The van der Waals surface area contributed by atoms with Crippen LogP contribution in [0.15, 0.2) is 24.3 Å². The van der Waals surface area contributed by atoms with Gasteiger partial charge in [0.1, 0.15) is 5.75 Å². The summed E-state index contributed by atoms with van der Waals surface area (Å²) >= 11 is 0. The number of nitrogens with zero attached hydrogens (tertiary/aromatic N) is 2. The van der Waals surface area contributed by atoms with Gasteiger partial charge in [-0.2, -0.15) is 0 Å². The van der Waals surface area contributed by atoms with E-state index in [1.807, 2.05) is 14.1 Å². The van der Waals surface area contributed by atoms with E-state index < -0.39 is 4.92 Å². The molecule has 1 heterocycles. The summed E-state index contributed by atoms with van der Waals surface area (Å²) in [7, 11) is 4.04. The average Bonchev–Trinajstić information content (AvgIpc) is 2.32. The predicted octanol–water partition coefficient (Wildman–Crippen LogP) is 1.55. The first-order chi connectivity index (χ1) is 9.01. The predicted molar refractivity (Wildman–Crippen MR) is 70.4 cm³/mol. The van der Waals surface area contributed by atoms with Gasteiger partial charge < -0.3 is 14.4 Å². The zero-order valence-corrected chi connectivity index (χ0v) is 11.2. The molecule has 0 N–H and O–H groups in total. The lowest BCUT2D eigenvalue weighted by Gasteiger charge is -2.42. The van der Waals surface area contributed by atoms with Crippen LogP contribution < -0.4 is 4.74 Å². The second-order valence-electron chi connectivity index (χ2n) is 5.27. The highest BCUT2D eigenvalue weighted by atomic mass is 16.6. The van der Waals surface area contributed by atoms with Crippen LogP contribution in [0.25, 0.3) is 0 Å². The van der Waals surface area contributed by atoms with Crippen molar-refractivity contribution in [3.8, 4) is 5.75 Å². The summed E-state index contributed by atoms with van der Waals surface area (Å²) < 4.78 is 11.0. The van der Waals surface area contributed by atoms with Gasteiger partial charge in [0.05, 0.1) is 30.2 Å². The number of nitro groups is 1. The molecule has 0 radical (unpaired) electrons. The highest BCUT2D eigenvalue weighted by Crippen LogP contribution is 2.29. The molecule has 6 heteroatoms. The average molecular weight is 266 g/mol. The molecular weight excluding hydrogens is 248 g/mol. The molecule has 1 fully saturated rings. The van der Waals surface area contributed by atoms with Crippen molar-refractivity contribution in [2.75, 3.05) is 40.5 Å². The van der Waals surface area contributed by atoms with E-state index in [1.165, 1.54) is 12.1 Å². The molecule has 1 aliphatic rings. The molecule has 1 aromatic carbocycles. The van der Waals surface area contributed by atoms with Crippen LogP contribution in [0.3, 0.4) is 0 Å². The molecule has 0 aliphatic carbocycles. The number of hydrogen-bond acceptors (Lipinski definition) is 5. The largest absolute Gasteiger partial charge is 0.493 e. The van der Waals surface area contributed by atoms with Gasteiger partial charge >= 0.3 is 0 Å². The van der Waals surface area contributed by atoms with E-state index in [2.05, 4.69) is 4.90 Å². The van der Waals surface area contributed by atoms with Crippen LogP contribution in [0.2, 0.25) is 0 Å². The van der Waals surface area contributed by atoms with E-state index in [9.17, 15) is 10.1 Å². The third-order valence-electron chi connectivity index (χ3n) is 3.06. The number of rotatable bonds is 6. The molecule has 19 heavy (non-hydrogen) atoms. The standard InChI is InChI=1S/C13H18N2O4/c1-14(2)7-13(8-18-9-13)10-19-12-5-3-11(4-6-12)15(16)17/h3-6H,7-10H2,1-2H3. The third-order valence-corrected chi connectivity index (χ3v) is 3.06. The van der Waals surface area contributed by atoms with Crippen molar-refractivity contribution in [2.24, 2.45) is 5.41 Å². The number of nitro benzene ring substituents is 1. The van der Waals surface area contributed by atoms with Gasteiger partial charge in [0.15, 0.2) is 0 Å². The summed E-state index contributed by atoms with van der Waals surface area (Å²) in [4.78, 5) is 12.2. The van der Waals surface area contributed by atoms with Crippen molar-refractivity contribution >= 4 is 5.69 Å². The summed E-state index contributed by atoms with van der Waals surface area (Å²) in [5.41, 5.74) is 0.105. The first kappa shape index (κ1) is 13.8. The number of benzene rings is 1. The van der Waals surface area contributed by atoms with Gasteiger partial charge in [-0.15, -0.1) is 0 Å². The summed E-state index contributed by atoms with van der Waals surface area (Å²) in [5, 5.41) is 10.5. The molecular formula is C13H18N2O4. The Morgan fingerprint density at radius 3 is 2.42 bits per heavy atom. The van der Waals surface area contributed by atoms with Crippen molar-refractivity contribution in [3.63, 3.8) is 0 Å². The smallest absolute Gasteiger partial charge is 0.269 e. The van der Waals surface area contributed by atoms with E-state index in [0.29, 0.717) is 25.6 Å². The Balaban J connectivity index is 1.92. The minimum Gasteiger partial charge on any atom is -0.493 e.